The van der Waals surface area contributed by atoms with E-state index in [2.05, 4.69) is 9.88 Å². The van der Waals surface area contributed by atoms with E-state index >= 15 is 0 Å². The van der Waals surface area contributed by atoms with Gasteiger partial charge in [-0.1, -0.05) is 29.8 Å². The van der Waals surface area contributed by atoms with Crippen LogP contribution in [-0.2, 0) is 4.79 Å². The largest absolute Gasteiger partial charge is 0.321 e. The summed E-state index contributed by atoms with van der Waals surface area (Å²) >= 11 is 5.85. The van der Waals surface area contributed by atoms with Crippen molar-refractivity contribution >= 4 is 29.3 Å². The van der Waals surface area contributed by atoms with Gasteiger partial charge in [0.05, 0.1) is 0 Å². The summed E-state index contributed by atoms with van der Waals surface area (Å²) in [5, 5.41) is 12.8. The summed E-state index contributed by atoms with van der Waals surface area (Å²) in [6.45, 7) is 3.97. The van der Waals surface area contributed by atoms with E-state index in [1.54, 1.807) is 30.3 Å². The maximum Gasteiger partial charge on any atom is 0.266 e. The van der Waals surface area contributed by atoms with Crippen molar-refractivity contribution in [1.29, 1.82) is 5.26 Å². The molecule has 0 saturated heterocycles. The number of nitriles is 1. The highest BCUT2D eigenvalue weighted by atomic mass is 35.5. The topological polar surface area (TPSA) is 57.8 Å². The van der Waals surface area contributed by atoms with E-state index in [-0.39, 0.29) is 5.57 Å². The third-order valence-electron chi connectivity index (χ3n) is 4.25. The molecule has 1 N–H and O–H groups in total. The number of anilines is 1. The van der Waals surface area contributed by atoms with Crippen LogP contribution in [0.5, 0.6) is 0 Å². The summed E-state index contributed by atoms with van der Waals surface area (Å²) in [7, 11) is 0. The number of nitrogens with one attached hydrogen (secondary N) is 1. The Hall–Kier alpha value is -3.29. The molecule has 134 valence electrons. The van der Waals surface area contributed by atoms with E-state index < -0.39 is 5.91 Å². The fraction of sp³-hybridized carbons (Fsp3) is 0.0909. The molecule has 1 amide bonds. The number of para-hydroxylation sites is 1. The second-order valence-electron chi connectivity index (χ2n) is 6.13. The minimum atomic E-state index is -0.454. The highest BCUT2D eigenvalue weighted by Gasteiger charge is 2.14. The summed E-state index contributed by atoms with van der Waals surface area (Å²) in [6, 6.07) is 20.7. The van der Waals surface area contributed by atoms with Gasteiger partial charge in [0.25, 0.3) is 5.91 Å². The summed E-state index contributed by atoms with van der Waals surface area (Å²) in [5.74, 6) is -0.454. The molecule has 0 unspecified atom stereocenters. The number of carbonyl (C=O) groups excluding carboxylic acids is 1. The zero-order chi connectivity index (χ0) is 19.4. The Morgan fingerprint density at radius 2 is 1.78 bits per heavy atom. The molecule has 0 bridgehead atoms. The van der Waals surface area contributed by atoms with Crippen LogP contribution in [0.4, 0.5) is 5.69 Å². The highest BCUT2D eigenvalue weighted by molar-refractivity contribution is 6.30. The summed E-state index contributed by atoms with van der Waals surface area (Å²) in [5.41, 5.74) is 4.49. The van der Waals surface area contributed by atoms with Crippen LogP contribution in [-0.4, -0.2) is 10.5 Å². The van der Waals surface area contributed by atoms with Crippen molar-refractivity contribution in [3.8, 4) is 11.8 Å². The molecule has 0 fully saturated rings. The number of amides is 1. The molecule has 1 heterocycles. The molecule has 0 aliphatic rings. The molecule has 5 heteroatoms. The Morgan fingerprint density at radius 3 is 2.41 bits per heavy atom. The SMILES string of the molecule is Cc1cc(/C=C(\C#N)C(=O)Nc2ccc(Cl)cc2)c(C)n1-c1ccccc1. The van der Waals surface area contributed by atoms with Crippen LogP contribution >= 0.6 is 11.6 Å². The van der Waals surface area contributed by atoms with Crippen LogP contribution in [0.1, 0.15) is 17.0 Å². The minimum absolute atomic E-state index is 0.0401. The van der Waals surface area contributed by atoms with Gasteiger partial charge in [-0.15, -0.1) is 0 Å². The molecule has 4 nitrogen and oxygen atoms in total. The van der Waals surface area contributed by atoms with Crippen LogP contribution < -0.4 is 5.32 Å². The molecule has 0 aliphatic carbocycles. The molecule has 1 aromatic heterocycles. The van der Waals surface area contributed by atoms with Crippen molar-refractivity contribution < 1.29 is 4.79 Å². The number of hydrogen-bond acceptors (Lipinski definition) is 2. The fourth-order valence-corrected chi connectivity index (χ4v) is 3.07. The van der Waals surface area contributed by atoms with Crippen LogP contribution in [0.25, 0.3) is 11.8 Å². The lowest BCUT2D eigenvalue weighted by Gasteiger charge is -2.09. The third kappa shape index (κ3) is 4.11. The maximum atomic E-state index is 12.5. The summed E-state index contributed by atoms with van der Waals surface area (Å²) in [6.07, 6.45) is 1.62. The van der Waals surface area contributed by atoms with Crippen molar-refractivity contribution in [2.75, 3.05) is 5.32 Å². The number of benzene rings is 2. The zero-order valence-corrected chi connectivity index (χ0v) is 15.8. The van der Waals surface area contributed by atoms with Crippen molar-refractivity contribution in [3.05, 3.63) is 88.2 Å². The number of halogens is 1. The van der Waals surface area contributed by atoms with E-state index in [9.17, 15) is 10.1 Å². The average Bonchev–Trinajstić information content (AvgIpc) is 2.95. The Labute approximate surface area is 163 Å². The third-order valence-corrected chi connectivity index (χ3v) is 4.50. The lowest BCUT2D eigenvalue weighted by molar-refractivity contribution is -0.112. The number of rotatable bonds is 4. The number of nitrogens with zero attached hydrogens (tertiary/aromatic N) is 2. The van der Waals surface area contributed by atoms with Gasteiger partial charge in [0.15, 0.2) is 0 Å². The van der Waals surface area contributed by atoms with E-state index in [0.29, 0.717) is 10.7 Å². The van der Waals surface area contributed by atoms with E-state index in [1.807, 2.05) is 56.3 Å². The first-order valence-corrected chi connectivity index (χ1v) is 8.80. The lowest BCUT2D eigenvalue weighted by atomic mass is 10.1. The van der Waals surface area contributed by atoms with Gasteiger partial charge < -0.3 is 9.88 Å². The molecule has 0 radical (unpaired) electrons. The summed E-state index contributed by atoms with van der Waals surface area (Å²) < 4.78 is 2.10. The standard InChI is InChI=1S/C22H18ClN3O/c1-15-12-17(16(2)26(15)21-6-4-3-5-7-21)13-18(14-24)22(27)25-20-10-8-19(23)9-11-20/h3-13H,1-2H3,(H,25,27)/b18-13+. The van der Waals surface area contributed by atoms with E-state index in [0.717, 1.165) is 22.6 Å². The first-order chi connectivity index (χ1) is 13.0. The van der Waals surface area contributed by atoms with Crippen molar-refractivity contribution in [2.45, 2.75) is 13.8 Å². The van der Waals surface area contributed by atoms with Crippen LogP contribution in [0, 0.1) is 25.2 Å². The van der Waals surface area contributed by atoms with Crippen LogP contribution in [0.3, 0.4) is 0 Å². The smallest absolute Gasteiger partial charge is 0.266 e. The monoisotopic (exact) mass is 375 g/mol. The van der Waals surface area contributed by atoms with Gasteiger partial charge in [-0.3, -0.25) is 4.79 Å². The van der Waals surface area contributed by atoms with Crippen molar-refractivity contribution in [2.24, 2.45) is 0 Å². The number of hydrogen-bond donors (Lipinski definition) is 1. The second-order valence-corrected chi connectivity index (χ2v) is 6.56. The molecule has 0 aliphatic heterocycles. The van der Waals surface area contributed by atoms with Gasteiger partial charge in [-0.2, -0.15) is 5.26 Å². The van der Waals surface area contributed by atoms with E-state index in [1.165, 1.54) is 0 Å². The van der Waals surface area contributed by atoms with Gasteiger partial charge in [0.1, 0.15) is 11.6 Å². The number of aryl methyl sites for hydroxylation is 1. The molecular weight excluding hydrogens is 358 g/mol. The molecule has 0 saturated carbocycles. The second kappa shape index (κ2) is 7.94. The Kier molecular flexibility index (Phi) is 5.44. The predicted molar refractivity (Wildman–Crippen MR) is 109 cm³/mol. The van der Waals surface area contributed by atoms with E-state index in [4.69, 9.17) is 11.6 Å². The molecule has 2 aromatic carbocycles. The molecule has 3 rings (SSSR count). The Morgan fingerprint density at radius 1 is 1.11 bits per heavy atom. The first-order valence-electron chi connectivity index (χ1n) is 8.42. The fourth-order valence-electron chi connectivity index (χ4n) is 2.94. The van der Waals surface area contributed by atoms with Gasteiger partial charge >= 0.3 is 0 Å². The molecule has 3 aromatic rings. The van der Waals surface area contributed by atoms with Crippen molar-refractivity contribution in [1.82, 2.24) is 4.57 Å². The number of carbonyl (C=O) groups is 1. The van der Waals surface area contributed by atoms with Gasteiger partial charge in [0.2, 0.25) is 0 Å². The first kappa shape index (κ1) is 18.5. The van der Waals surface area contributed by atoms with Crippen LogP contribution in [0.2, 0.25) is 5.02 Å². The van der Waals surface area contributed by atoms with Crippen LogP contribution in [0.15, 0.2) is 66.2 Å². The van der Waals surface area contributed by atoms with Gasteiger partial charge in [0, 0.05) is 27.8 Å². The van der Waals surface area contributed by atoms with Crippen molar-refractivity contribution in [3.63, 3.8) is 0 Å². The Bertz CT molecular complexity index is 1040. The lowest BCUT2D eigenvalue weighted by Crippen LogP contribution is -2.13. The maximum absolute atomic E-state index is 12.5. The molecule has 27 heavy (non-hydrogen) atoms. The number of aromatic nitrogens is 1. The van der Waals surface area contributed by atoms with Gasteiger partial charge in [-0.05, 0) is 68.0 Å². The van der Waals surface area contributed by atoms with Gasteiger partial charge in [-0.25, -0.2) is 0 Å². The average molecular weight is 376 g/mol. The minimum Gasteiger partial charge on any atom is -0.321 e. The quantitative estimate of drug-likeness (QED) is 0.497. The summed E-state index contributed by atoms with van der Waals surface area (Å²) in [4.78, 5) is 12.5. The highest BCUT2D eigenvalue weighted by Crippen LogP contribution is 2.23. The zero-order valence-electron chi connectivity index (χ0n) is 15.0. The molecule has 0 atom stereocenters. The molecular formula is C22H18ClN3O. The Balaban J connectivity index is 1.91. The molecule has 0 spiro atoms. The normalized spacial score (nSPS) is 11.1. The predicted octanol–water partition coefficient (Wildman–Crippen LogP) is 5.29.